The van der Waals surface area contributed by atoms with E-state index in [1.165, 1.54) is 0 Å². The first kappa shape index (κ1) is 18.0. The molecule has 1 aliphatic heterocycles. The Morgan fingerprint density at radius 3 is 2.68 bits per heavy atom. The lowest BCUT2D eigenvalue weighted by molar-refractivity contribution is -0.121. The average molecular weight is 362 g/mol. The Balaban J connectivity index is 1.52. The molecule has 3 rings (SSSR count). The van der Waals surface area contributed by atoms with E-state index in [4.69, 9.17) is 16.0 Å². The van der Waals surface area contributed by atoms with Crippen molar-refractivity contribution >= 4 is 23.2 Å². The summed E-state index contributed by atoms with van der Waals surface area (Å²) in [4.78, 5) is 17.2. The maximum absolute atomic E-state index is 12.6. The summed E-state index contributed by atoms with van der Waals surface area (Å²) in [5.74, 6) is 0.987. The highest BCUT2D eigenvalue weighted by atomic mass is 35.5. The minimum absolute atomic E-state index is 0.00449. The van der Waals surface area contributed by atoms with Gasteiger partial charge in [0.2, 0.25) is 5.91 Å². The van der Waals surface area contributed by atoms with Crippen molar-refractivity contribution in [2.45, 2.75) is 26.4 Å². The number of nitrogens with one attached hydrogen (secondary N) is 1. The molecule has 134 valence electrons. The van der Waals surface area contributed by atoms with E-state index in [1.54, 1.807) is 6.26 Å². The van der Waals surface area contributed by atoms with Gasteiger partial charge in [-0.2, -0.15) is 0 Å². The molecule has 0 spiro atoms. The molecule has 1 aromatic heterocycles. The van der Waals surface area contributed by atoms with Crippen LogP contribution in [0.4, 0.5) is 5.69 Å². The van der Waals surface area contributed by atoms with Gasteiger partial charge in [-0.3, -0.25) is 14.6 Å². The van der Waals surface area contributed by atoms with Crippen LogP contribution in [0, 0.1) is 6.92 Å². The van der Waals surface area contributed by atoms with Crippen LogP contribution in [0.3, 0.4) is 0 Å². The number of carbonyl (C=O) groups excluding carboxylic acids is 1. The Bertz CT molecular complexity index is 709. The second-order valence-electron chi connectivity index (χ2n) is 6.47. The zero-order valence-electron chi connectivity index (χ0n) is 14.7. The average Bonchev–Trinajstić information content (AvgIpc) is 3.12. The Kier molecular flexibility index (Phi) is 5.78. The van der Waals surface area contributed by atoms with Crippen molar-refractivity contribution in [3.63, 3.8) is 0 Å². The number of hydrogen-bond donors (Lipinski definition) is 1. The van der Waals surface area contributed by atoms with Gasteiger partial charge in [0.15, 0.2) is 0 Å². The Labute approximate surface area is 153 Å². The number of hydrogen-bond acceptors (Lipinski definition) is 4. The van der Waals surface area contributed by atoms with Crippen molar-refractivity contribution in [3.05, 3.63) is 52.9 Å². The minimum Gasteiger partial charge on any atom is -0.468 e. The molecular weight excluding hydrogens is 338 g/mol. The quantitative estimate of drug-likeness (QED) is 0.886. The molecule has 1 aliphatic rings. The van der Waals surface area contributed by atoms with Gasteiger partial charge in [-0.1, -0.05) is 17.7 Å². The Hall–Kier alpha value is -1.82. The second-order valence-corrected chi connectivity index (χ2v) is 6.88. The number of carbonyl (C=O) groups is 1. The Morgan fingerprint density at radius 2 is 2.00 bits per heavy atom. The maximum Gasteiger partial charge on any atom is 0.241 e. The molecule has 2 aromatic rings. The van der Waals surface area contributed by atoms with Gasteiger partial charge < -0.3 is 9.73 Å². The third kappa shape index (κ3) is 4.42. The number of furan rings is 1. The van der Waals surface area contributed by atoms with Crippen LogP contribution in [0.15, 0.2) is 41.0 Å². The standard InChI is InChI=1S/C19H24ClN3O2/c1-14-17(20)6-3-7-18(14)21-19(24)15(2)23-10-8-22(9-11-23)13-16-5-4-12-25-16/h3-7,12,15H,8-11,13H2,1-2H3,(H,21,24)/t15-/m0/s1. The molecule has 5 nitrogen and oxygen atoms in total. The summed E-state index contributed by atoms with van der Waals surface area (Å²) >= 11 is 6.12. The van der Waals surface area contributed by atoms with Gasteiger partial charge >= 0.3 is 0 Å². The molecule has 0 bridgehead atoms. The van der Waals surface area contributed by atoms with Crippen LogP contribution in [0.25, 0.3) is 0 Å². The first-order valence-electron chi connectivity index (χ1n) is 8.59. The highest BCUT2D eigenvalue weighted by Crippen LogP contribution is 2.23. The van der Waals surface area contributed by atoms with Gasteiger partial charge in [0, 0.05) is 36.9 Å². The molecule has 1 aromatic carbocycles. The summed E-state index contributed by atoms with van der Waals surface area (Å²) in [6.45, 7) is 8.27. The fourth-order valence-corrected chi connectivity index (χ4v) is 3.25. The molecule has 0 aliphatic carbocycles. The van der Waals surface area contributed by atoms with Gasteiger partial charge in [0.1, 0.15) is 5.76 Å². The zero-order chi connectivity index (χ0) is 17.8. The van der Waals surface area contributed by atoms with Gasteiger partial charge in [-0.25, -0.2) is 0 Å². The molecule has 6 heteroatoms. The summed E-state index contributed by atoms with van der Waals surface area (Å²) in [5.41, 5.74) is 1.67. The molecule has 1 amide bonds. The minimum atomic E-state index is -0.177. The normalized spacial score (nSPS) is 17.4. The molecule has 1 fully saturated rings. The fourth-order valence-electron chi connectivity index (χ4n) is 3.08. The van der Waals surface area contributed by atoms with Crippen LogP contribution in [0.5, 0.6) is 0 Å². The third-order valence-corrected chi connectivity index (χ3v) is 5.23. The molecule has 25 heavy (non-hydrogen) atoms. The predicted molar refractivity (Wildman–Crippen MR) is 99.8 cm³/mol. The van der Waals surface area contributed by atoms with Crippen molar-refractivity contribution in [3.8, 4) is 0 Å². The SMILES string of the molecule is Cc1c(Cl)cccc1NC(=O)[C@H](C)N1CCN(Cc2ccco2)CC1. The largest absolute Gasteiger partial charge is 0.468 e. The zero-order valence-corrected chi connectivity index (χ0v) is 15.4. The van der Waals surface area contributed by atoms with Crippen molar-refractivity contribution in [1.82, 2.24) is 9.80 Å². The number of nitrogens with zero attached hydrogens (tertiary/aromatic N) is 2. The second kappa shape index (κ2) is 8.04. The summed E-state index contributed by atoms with van der Waals surface area (Å²) in [6.07, 6.45) is 1.70. The summed E-state index contributed by atoms with van der Waals surface area (Å²) in [7, 11) is 0. The first-order valence-corrected chi connectivity index (χ1v) is 8.97. The molecule has 0 saturated carbocycles. The maximum atomic E-state index is 12.6. The molecular formula is C19H24ClN3O2. The van der Waals surface area contributed by atoms with Crippen LogP contribution in [0.2, 0.25) is 5.02 Å². The molecule has 0 unspecified atom stereocenters. The monoisotopic (exact) mass is 361 g/mol. The molecule has 2 heterocycles. The van der Waals surface area contributed by atoms with Crippen LogP contribution in [-0.2, 0) is 11.3 Å². The summed E-state index contributed by atoms with van der Waals surface area (Å²) < 4.78 is 5.41. The lowest BCUT2D eigenvalue weighted by Crippen LogP contribution is -2.52. The number of benzene rings is 1. The number of halogens is 1. The summed E-state index contributed by atoms with van der Waals surface area (Å²) in [5, 5.41) is 3.67. The van der Waals surface area contributed by atoms with Gasteiger partial charge in [-0.05, 0) is 43.7 Å². The van der Waals surface area contributed by atoms with E-state index in [0.29, 0.717) is 5.02 Å². The molecule has 0 radical (unpaired) electrons. The smallest absolute Gasteiger partial charge is 0.241 e. The Morgan fingerprint density at radius 1 is 1.24 bits per heavy atom. The van der Waals surface area contributed by atoms with E-state index in [9.17, 15) is 4.79 Å². The van der Waals surface area contributed by atoms with E-state index in [0.717, 1.165) is 49.7 Å². The topological polar surface area (TPSA) is 48.7 Å². The first-order chi connectivity index (χ1) is 12.0. The van der Waals surface area contributed by atoms with Crippen molar-refractivity contribution < 1.29 is 9.21 Å². The lowest BCUT2D eigenvalue weighted by Gasteiger charge is -2.37. The number of amides is 1. The van der Waals surface area contributed by atoms with Crippen LogP contribution < -0.4 is 5.32 Å². The fraction of sp³-hybridized carbons (Fsp3) is 0.421. The molecule has 1 atom stereocenters. The van der Waals surface area contributed by atoms with Crippen molar-refractivity contribution in [2.24, 2.45) is 0 Å². The highest BCUT2D eigenvalue weighted by Gasteiger charge is 2.26. The molecule has 1 N–H and O–H groups in total. The van der Waals surface area contributed by atoms with Crippen LogP contribution in [-0.4, -0.2) is 47.9 Å². The predicted octanol–water partition coefficient (Wildman–Crippen LogP) is 3.39. The van der Waals surface area contributed by atoms with E-state index in [1.807, 2.05) is 44.2 Å². The summed E-state index contributed by atoms with van der Waals surface area (Å²) in [6, 6.07) is 9.29. The van der Waals surface area contributed by atoms with E-state index >= 15 is 0 Å². The van der Waals surface area contributed by atoms with Crippen LogP contribution >= 0.6 is 11.6 Å². The van der Waals surface area contributed by atoms with E-state index in [-0.39, 0.29) is 11.9 Å². The van der Waals surface area contributed by atoms with Gasteiger partial charge in [0.25, 0.3) is 0 Å². The molecule has 1 saturated heterocycles. The van der Waals surface area contributed by atoms with Gasteiger partial charge in [0.05, 0.1) is 18.8 Å². The van der Waals surface area contributed by atoms with Crippen molar-refractivity contribution in [1.29, 1.82) is 0 Å². The third-order valence-electron chi connectivity index (χ3n) is 4.82. The van der Waals surface area contributed by atoms with E-state index in [2.05, 4.69) is 15.1 Å². The van der Waals surface area contributed by atoms with Gasteiger partial charge in [-0.15, -0.1) is 0 Å². The number of rotatable bonds is 5. The number of anilines is 1. The van der Waals surface area contributed by atoms with E-state index < -0.39 is 0 Å². The van der Waals surface area contributed by atoms with Crippen LogP contribution in [0.1, 0.15) is 18.2 Å². The highest BCUT2D eigenvalue weighted by molar-refractivity contribution is 6.31. The number of piperazine rings is 1. The lowest BCUT2D eigenvalue weighted by atomic mass is 10.1. The van der Waals surface area contributed by atoms with Crippen molar-refractivity contribution in [2.75, 3.05) is 31.5 Å².